The van der Waals surface area contributed by atoms with E-state index in [0.29, 0.717) is 6.04 Å². The van der Waals surface area contributed by atoms with E-state index in [0.717, 1.165) is 11.6 Å². The topological polar surface area (TPSA) is 34.6 Å². The van der Waals surface area contributed by atoms with Crippen LogP contribution in [0.4, 0.5) is 39.3 Å². The van der Waals surface area contributed by atoms with Gasteiger partial charge >= 0.3 is 0 Å². The van der Waals surface area contributed by atoms with Crippen LogP contribution in [0, 0.1) is 13.8 Å². The molecule has 1 unspecified atom stereocenters. The molecule has 6 rings (SSSR count). The van der Waals surface area contributed by atoms with Gasteiger partial charge in [0.25, 0.3) is 0 Å². The van der Waals surface area contributed by atoms with Crippen LogP contribution < -0.4 is 20.0 Å². The largest absolute Gasteiger partial charge is 0.382 e. The minimum Gasteiger partial charge on any atom is -0.382 e. The Balaban J connectivity index is 1.39. The quantitative estimate of drug-likeness (QED) is 0.179. The molecular formula is C38H41N5S. The van der Waals surface area contributed by atoms with Crippen molar-refractivity contribution < 1.29 is 0 Å². The molecule has 0 aliphatic rings. The van der Waals surface area contributed by atoms with Crippen molar-refractivity contribution in [2.75, 3.05) is 41.2 Å². The summed E-state index contributed by atoms with van der Waals surface area (Å²) in [5.74, 6) is 0. The van der Waals surface area contributed by atoms with Crippen LogP contribution in [0.3, 0.4) is 0 Å². The van der Waals surface area contributed by atoms with E-state index in [1.807, 2.05) is 11.6 Å². The average molecular weight is 600 g/mol. The van der Waals surface area contributed by atoms with Gasteiger partial charge in [-0.3, -0.25) is 0 Å². The Bertz CT molecular complexity index is 1930. The molecule has 224 valence electrons. The van der Waals surface area contributed by atoms with Gasteiger partial charge in [-0.2, -0.15) is 0 Å². The lowest BCUT2D eigenvalue weighted by molar-refractivity contribution is 0.765. The molecule has 6 aromatic rings. The number of aryl methyl sites for hydroxylation is 2. The van der Waals surface area contributed by atoms with Crippen LogP contribution >= 0.6 is 11.3 Å². The first kappa shape index (κ1) is 29.5. The number of nitrogens with zero attached hydrogens (tertiary/aromatic N) is 4. The van der Waals surface area contributed by atoms with Crippen molar-refractivity contribution in [2.45, 2.75) is 40.2 Å². The van der Waals surface area contributed by atoms with Gasteiger partial charge in [-0.05, 0) is 74.7 Å². The fourth-order valence-electron chi connectivity index (χ4n) is 6.17. The molecule has 0 radical (unpaired) electrons. The highest BCUT2D eigenvalue weighted by atomic mass is 32.1. The number of rotatable bonds is 9. The number of hydrogen-bond donors (Lipinski definition) is 1. The van der Waals surface area contributed by atoms with Gasteiger partial charge in [0.1, 0.15) is 0 Å². The summed E-state index contributed by atoms with van der Waals surface area (Å²) in [6.07, 6.45) is 2.94. The maximum absolute atomic E-state index is 4.51. The zero-order chi connectivity index (χ0) is 31.0. The van der Waals surface area contributed by atoms with Gasteiger partial charge in [0.15, 0.2) is 5.13 Å². The highest BCUT2D eigenvalue weighted by molar-refractivity contribution is 7.13. The minimum atomic E-state index is 0.415. The Labute approximate surface area is 265 Å². The maximum atomic E-state index is 4.51. The summed E-state index contributed by atoms with van der Waals surface area (Å²) in [6, 6.07) is 31.5. The molecule has 0 spiro atoms. The first-order valence-corrected chi connectivity index (χ1v) is 16.2. The molecule has 0 saturated carbocycles. The van der Waals surface area contributed by atoms with Crippen molar-refractivity contribution in [1.29, 1.82) is 0 Å². The third-order valence-electron chi connectivity index (χ3n) is 8.82. The predicted molar refractivity (Wildman–Crippen MR) is 193 cm³/mol. The van der Waals surface area contributed by atoms with Crippen LogP contribution in [0.5, 0.6) is 0 Å². The standard InChI is InChI=1S/C38H41N5S/c1-8-27(4)40-32-17-18-33(29-14-10-9-13-28(29)32)41(5)34-19-20-35(31-16-12-11-15-30(31)34)42(6)36-23-26(3)37(24-25(36)2)43(7)38-39-21-22-44-38/h9-24,27,40H,8H2,1-7H3. The summed E-state index contributed by atoms with van der Waals surface area (Å²) in [7, 11) is 6.44. The smallest absolute Gasteiger partial charge is 0.189 e. The molecule has 0 saturated heterocycles. The fourth-order valence-corrected chi connectivity index (χ4v) is 6.80. The Morgan fingerprint density at radius 3 is 1.66 bits per heavy atom. The van der Waals surface area contributed by atoms with Gasteiger partial charge in [-0.25, -0.2) is 4.98 Å². The second-order valence-corrected chi connectivity index (χ2v) is 12.6. The predicted octanol–water partition coefficient (Wildman–Crippen LogP) is 10.6. The molecule has 5 aromatic carbocycles. The van der Waals surface area contributed by atoms with E-state index in [1.165, 1.54) is 66.8 Å². The van der Waals surface area contributed by atoms with Gasteiger partial charge < -0.3 is 20.0 Å². The van der Waals surface area contributed by atoms with Crippen molar-refractivity contribution in [3.05, 3.63) is 108 Å². The minimum absolute atomic E-state index is 0.415. The van der Waals surface area contributed by atoms with E-state index >= 15 is 0 Å². The second kappa shape index (κ2) is 12.2. The van der Waals surface area contributed by atoms with E-state index in [4.69, 9.17) is 0 Å². The number of nitrogens with one attached hydrogen (secondary N) is 1. The zero-order valence-electron chi connectivity index (χ0n) is 26.7. The molecule has 1 N–H and O–H groups in total. The summed E-state index contributed by atoms with van der Waals surface area (Å²) in [5, 5.41) is 11.6. The average Bonchev–Trinajstić information content (AvgIpc) is 3.59. The van der Waals surface area contributed by atoms with E-state index in [2.05, 4.69) is 159 Å². The highest BCUT2D eigenvalue weighted by Gasteiger charge is 2.19. The SMILES string of the molecule is CCC(C)Nc1ccc(N(C)c2ccc(N(C)c3cc(C)c(N(C)c4nccs4)cc3C)c3ccccc23)c2ccccc12. The van der Waals surface area contributed by atoms with Crippen molar-refractivity contribution >= 4 is 72.1 Å². The molecule has 0 aliphatic heterocycles. The third-order valence-corrected chi connectivity index (χ3v) is 9.67. The molecule has 1 atom stereocenters. The first-order valence-electron chi connectivity index (χ1n) is 15.3. The number of fused-ring (bicyclic) bond motifs is 2. The third kappa shape index (κ3) is 5.35. The van der Waals surface area contributed by atoms with Crippen LogP contribution in [-0.2, 0) is 0 Å². The van der Waals surface area contributed by atoms with Crippen LogP contribution in [-0.4, -0.2) is 32.2 Å². The monoisotopic (exact) mass is 599 g/mol. The summed E-state index contributed by atoms with van der Waals surface area (Å²) in [5.41, 5.74) is 9.54. The molecule has 5 nitrogen and oxygen atoms in total. The van der Waals surface area contributed by atoms with Gasteiger partial charge in [0.2, 0.25) is 0 Å². The van der Waals surface area contributed by atoms with Gasteiger partial charge in [-0.15, -0.1) is 11.3 Å². The molecule has 44 heavy (non-hydrogen) atoms. The molecular weight excluding hydrogens is 559 g/mol. The number of thiazole rings is 1. The first-order chi connectivity index (χ1) is 21.3. The summed E-state index contributed by atoms with van der Waals surface area (Å²) in [6.45, 7) is 8.83. The van der Waals surface area contributed by atoms with Crippen LogP contribution in [0.15, 0.2) is 96.5 Å². The van der Waals surface area contributed by atoms with E-state index in [-0.39, 0.29) is 0 Å². The lowest BCUT2D eigenvalue weighted by atomic mass is 10.0. The Hall–Kier alpha value is -4.55. The summed E-state index contributed by atoms with van der Waals surface area (Å²) in [4.78, 5) is 11.3. The van der Waals surface area contributed by atoms with Crippen molar-refractivity contribution in [3.8, 4) is 0 Å². The van der Waals surface area contributed by atoms with E-state index in [1.54, 1.807) is 11.3 Å². The molecule has 1 aromatic heterocycles. The second-order valence-electron chi connectivity index (χ2n) is 11.7. The van der Waals surface area contributed by atoms with Gasteiger partial charge in [-0.1, -0.05) is 55.5 Å². The molecule has 0 bridgehead atoms. The Morgan fingerprint density at radius 1 is 0.659 bits per heavy atom. The number of hydrogen-bond acceptors (Lipinski definition) is 6. The number of benzene rings is 5. The van der Waals surface area contributed by atoms with E-state index < -0.39 is 0 Å². The molecule has 0 amide bonds. The molecule has 0 fully saturated rings. The van der Waals surface area contributed by atoms with Crippen LogP contribution in [0.2, 0.25) is 0 Å². The normalized spacial score (nSPS) is 12.0. The van der Waals surface area contributed by atoms with Gasteiger partial charge in [0.05, 0.1) is 0 Å². The molecule has 6 heteroatoms. The van der Waals surface area contributed by atoms with E-state index in [9.17, 15) is 0 Å². The Kier molecular flexibility index (Phi) is 8.19. The van der Waals surface area contributed by atoms with Crippen molar-refractivity contribution in [3.63, 3.8) is 0 Å². The summed E-state index contributed by atoms with van der Waals surface area (Å²) >= 11 is 1.65. The summed E-state index contributed by atoms with van der Waals surface area (Å²) < 4.78 is 0. The van der Waals surface area contributed by atoms with Crippen molar-refractivity contribution in [1.82, 2.24) is 4.98 Å². The van der Waals surface area contributed by atoms with Crippen LogP contribution in [0.25, 0.3) is 21.5 Å². The molecule has 1 heterocycles. The lowest BCUT2D eigenvalue weighted by Gasteiger charge is -2.29. The Morgan fingerprint density at radius 2 is 1.14 bits per heavy atom. The fraction of sp³-hybridized carbons (Fsp3) is 0.237. The number of aromatic nitrogens is 1. The van der Waals surface area contributed by atoms with Crippen molar-refractivity contribution in [2.24, 2.45) is 0 Å². The zero-order valence-corrected chi connectivity index (χ0v) is 27.5. The number of anilines is 7. The molecule has 0 aliphatic carbocycles. The van der Waals surface area contributed by atoms with Gasteiger partial charge in [0, 0.05) is 94.4 Å². The van der Waals surface area contributed by atoms with Crippen LogP contribution in [0.1, 0.15) is 31.4 Å². The highest BCUT2D eigenvalue weighted by Crippen LogP contribution is 2.42. The lowest BCUT2D eigenvalue weighted by Crippen LogP contribution is -2.16. The maximum Gasteiger partial charge on any atom is 0.189 e.